The average Bonchev–Trinajstić information content (AvgIpc) is 2.60. The molecule has 0 unspecified atom stereocenters. The molecule has 78 valence electrons. The Hall–Kier alpha value is -1.97. The van der Waals surface area contributed by atoms with Gasteiger partial charge in [-0.25, -0.2) is 0 Å². The topological polar surface area (TPSA) is 57.9 Å². The van der Waals surface area contributed by atoms with Crippen LogP contribution in [0.1, 0.15) is 5.56 Å². The third-order valence-electron chi connectivity index (χ3n) is 2.40. The summed E-state index contributed by atoms with van der Waals surface area (Å²) >= 11 is 0. The normalized spacial score (nSPS) is 10.3. The summed E-state index contributed by atoms with van der Waals surface area (Å²) in [4.78, 5) is 11.2. The predicted molar refractivity (Wildman–Crippen MR) is 58.1 cm³/mol. The number of benzene rings is 1. The van der Waals surface area contributed by atoms with E-state index in [9.17, 15) is 4.79 Å². The van der Waals surface area contributed by atoms with Crippen LogP contribution in [0.3, 0.4) is 0 Å². The lowest BCUT2D eigenvalue weighted by molar-refractivity contribution is 0.415. The van der Waals surface area contributed by atoms with Crippen LogP contribution in [0.25, 0.3) is 11.3 Å². The van der Waals surface area contributed by atoms with Gasteiger partial charge in [0.05, 0.1) is 12.8 Å². The fourth-order valence-corrected chi connectivity index (χ4v) is 1.47. The number of aromatic nitrogens is 2. The Morgan fingerprint density at radius 2 is 1.80 bits per heavy atom. The van der Waals surface area contributed by atoms with E-state index < -0.39 is 0 Å². The molecule has 4 nitrogen and oxygen atoms in total. The fourth-order valence-electron chi connectivity index (χ4n) is 1.47. The number of rotatable bonds is 2. The van der Waals surface area contributed by atoms with E-state index in [1.54, 1.807) is 14.0 Å². The number of hydrogen-bond donors (Lipinski definition) is 2. The van der Waals surface area contributed by atoms with E-state index in [0.717, 1.165) is 17.0 Å². The molecule has 1 heterocycles. The van der Waals surface area contributed by atoms with Crippen molar-refractivity contribution < 1.29 is 4.74 Å². The van der Waals surface area contributed by atoms with Gasteiger partial charge in [0, 0.05) is 11.1 Å². The van der Waals surface area contributed by atoms with Crippen LogP contribution in [0.5, 0.6) is 5.75 Å². The van der Waals surface area contributed by atoms with E-state index >= 15 is 0 Å². The Kier molecular flexibility index (Phi) is 2.33. The number of methoxy groups -OCH3 is 1. The number of ether oxygens (including phenoxy) is 1. The first-order chi connectivity index (χ1) is 7.22. The second kappa shape index (κ2) is 3.65. The van der Waals surface area contributed by atoms with Crippen molar-refractivity contribution >= 4 is 0 Å². The molecule has 0 amide bonds. The highest BCUT2D eigenvalue weighted by atomic mass is 16.5. The zero-order valence-corrected chi connectivity index (χ0v) is 8.63. The molecule has 0 aliphatic heterocycles. The Morgan fingerprint density at radius 1 is 1.13 bits per heavy atom. The van der Waals surface area contributed by atoms with Crippen LogP contribution >= 0.6 is 0 Å². The van der Waals surface area contributed by atoms with Gasteiger partial charge in [-0.2, -0.15) is 0 Å². The Morgan fingerprint density at radius 3 is 2.27 bits per heavy atom. The summed E-state index contributed by atoms with van der Waals surface area (Å²) in [6.45, 7) is 1.79. The highest BCUT2D eigenvalue weighted by molar-refractivity contribution is 5.62. The summed E-state index contributed by atoms with van der Waals surface area (Å²) < 4.78 is 5.06. The second-order valence-electron chi connectivity index (χ2n) is 3.31. The van der Waals surface area contributed by atoms with Crippen molar-refractivity contribution in [1.29, 1.82) is 0 Å². The molecule has 0 fully saturated rings. The smallest absolute Gasteiger partial charge is 0.267 e. The van der Waals surface area contributed by atoms with Crippen LogP contribution in [-0.2, 0) is 0 Å². The first kappa shape index (κ1) is 9.58. The average molecular weight is 204 g/mol. The monoisotopic (exact) mass is 204 g/mol. The van der Waals surface area contributed by atoms with Crippen molar-refractivity contribution in [2.45, 2.75) is 6.92 Å². The molecule has 2 rings (SSSR count). The number of nitrogens with one attached hydrogen (secondary N) is 2. The van der Waals surface area contributed by atoms with Gasteiger partial charge >= 0.3 is 0 Å². The first-order valence-corrected chi connectivity index (χ1v) is 4.64. The van der Waals surface area contributed by atoms with Crippen LogP contribution in [-0.4, -0.2) is 17.3 Å². The van der Waals surface area contributed by atoms with Crippen molar-refractivity contribution in [2.75, 3.05) is 7.11 Å². The maximum absolute atomic E-state index is 11.2. The predicted octanol–water partition coefficient (Wildman–Crippen LogP) is 1.69. The van der Waals surface area contributed by atoms with E-state index in [4.69, 9.17) is 4.74 Å². The van der Waals surface area contributed by atoms with E-state index in [1.807, 2.05) is 24.3 Å². The molecule has 0 atom stereocenters. The SMILES string of the molecule is COc1ccc(-c2[nH][nH]c(=O)c2C)cc1. The molecule has 0 spiro atoms. The Balaban J connectivity index is 2.46. The summed E-state index contributed by atoms with van der Waals surface area (Å²) in [5.41, 5.74) is 2.40. The lowest BCUT2D eigenvalue weighted by Gasteiger charge is -2.01. The minimum atomic E-state index is -0.0826. The van der Waals surface area contributed by atoms with Crippen molar-refractivity contribution in [3.8, 4) is 17.0 Å². The summed E-state index contributed by atoms with van der Waals surface area (Å²) in [6, 6.07) is 7.54. The van der Waals surface area contributed by atoms with E-state index in [1.165, 1.54) is 0 Å². The molecule has 4 heteroatoms. The van der Waals surface area contributed by atoms with Gasteiger partial charge in [0.1, 0.15) is 5.75 Å². The second-order valence-corrected chi connectivity index (χ2v) is 3.31. The van der Waals surface area contributed by atoms with Gasteiger partial charge in [-0.05, 0) is 31.2 Å². The quantitative estimate of drug-likeness (QED) is 0.782. The van der Waals surface area contributed by atoms with Crippen LogP contribution < -0.4 is 10.3 Å². The van der Waals surface area contributed by atoms with Gasteiger partial charge in [0.2, 0.25) is 0 Å². The zero-order chi connectivity index (χ0) is 10.8. The van der Waals surface area contributed by atoms with Crippen LogP contribution in [0.2, 0.25) is 0 Å². The maximum atomic E-state index is 11.2. The third kappa shape index (κ3) is 1.66. The molecule has 0 saturated heterocycles. The Labute approximate surface area is 86.9 Å². The lowest BCUT2D eigenvalue weighted by Crippen LogP contribution is -2.00. The minimum Gasteiger partial charge on any atom is -0.497 e. The third-order valence-corrected chi connectivity index (χ3v) is 2.40. The molecule has 2 aromatic rings. The molecule has 2 N–H and O–H groups in total. The molecule has 15 heavy (non-hydrogen) atoms. The van der Waals surface area contributed by atoms with Gasteiger partial charge in [0.15, 0.2) is 0 Å². The Bertz CT molecular complexity index is 508. The van der Waals surface area contributed by atoms with E-state index in [-0.39, 0.29) is 5.56 Å². The van der Waals surface area contributed by atoms with Crippen LogP contribution in [0.15, 0.2) is 29.1 Å². The molecule has 1 aromatic heterocycles. The van der Waals surface area contributed by atoms with E-state index in [2.05, 4.69) is 10.2 Å². The van der Waals surface area contributed by atoms with Gasteiger partial charge in [-0.15, -0.1) is 0 Å². The molecular formula is C11H12N2O2. The minimum absolute atomic E-state index is 0.0826. The molecule has 0 saturated carbocycles. The number of hydrogen-bond acceptors (Lipinski definition) is 2. The molecule has 1 aromatic carbocycles. The molecular weight excluding hydrogens is 192 g/mol. The standard InChI is InChI=1S/C11H12N2O2/c1-7-10(12-13-11(7)14)8-3-5-9(15-2)6-4-8/h3-6H,1-2H3,(H2,12,13,14). The summed E-state index contributed by atoms with van der Waals surface area (Å²) in [6.07, 6.45) is 0. The van der Waals surface area contributed by atoms with Crippen molar-refractivity contribution in [3.63, 3.8) is 0 Å². The fraction of sp³-hybridized carbons (Fsp3) is 0.182. The number of aromatic amines is 2. The van der Waals surface area contributed by atoms with Gasteiger partial charge in [-0.3, -0.25) is 15.0 Å². The molecule has 0 aliphatic rings. The summed E-state index contributed by atoms with van der Waals surface area (Å²) in [5, 5.41) is 5.40. The summed E-state index contributed by atoms with van der Waals surface area (Å²) in [7, 11) is 1.62. The van der Waals surface area contributed by atoms with Crippen molar-refractivity contribution in [1.82, 2.24) is 10.2 Å². The molecule has 0 bridgehead atoms. The largest absolute Gasteiger partial charge is 0.497 e. The molecule has 0 aliphatic carbocycles. The zero-order valence-electron chi connectivity index (χ0n) is 8.63. The lowest BCUT2D eigenvalue weighted by atomic mass is 10.1. The van der Waals surface area contributed by atoms with Crippen molar-refractivity contribution in [2.24, 2.45) is 0 Å². The highest BCUT2D eigenvalue weighted by Gasteiger charge is 2.06. The van der Waals surface area contributed by atoms with Gasteiger partial charge < -0.3 is 4.74 Å². The number of H-pyrrole nitrogens is 2. The highest BCUT2D eigenvalue weighted by Crippen LogP contribution is 2.21. The van der Waals surface area contributed by atoms with Gasteiger partial charge in [0.25, 0.3) is 5.56 Å². The van der Waals surface area contributed by atoms with Gasteiger partial charge in [-0.1, -0.05) is 0 Å². The van der Waals surface area contributed by atoms with Crippen LogP contribution in [0.4, 0.5) is 0 Å². The maximum Gasteiger partial charge on any atom is 0.267 e. The van der Waals surface area contributed by atoms with E-state index in [0.29, 0.717) is 5.56 Å². The molecule has 0 radical (unpaired) electrons. The summed E-state index contributed by atoms with van der Waals surface area (Å²) in [5.74, 6) is 0.800. The first-order valence-electron chi connectivity index (χ1n) is 4.64. The van der Waals surface area contributed by atoms with Crippen molar-refractivity contribution in [3.05, 3.63) is 40.2 Å². The van der Waals surface area contributed by atoms with Crippen LogP contribution in [0, 0.1) is 6.92 Å².